The molecule has 2 rings (SSSR count). The Morgan fingerprint density at radius 1 is 1.39 bits per heavy atom. The minimum Gasteiger partial charge on any atom is -0.445 e. The van der Waals surface area contributed by atoms with E-state index in [2.05, 4.69) is 0 Å². The van der Waals surface area contributed by atoms with Crippen molar-refractivity contribution in [3.05, 3.63) is 35.9 Å². The van der Waals surface area contributed by atoms with E-state index in [4.69, 9.17) is 4.74 Å². The number of carbonyl (C=O) groups excluding carboxylic acids is 2. The Labute approximate surface area is 107 Å². The molecular formula is C14H17NO3. The van der Waals surface area contributed by atoms with Crippen LogP contribution < -0.4 is 0 Å². The monoisotopic (exact) mass is 247 g/mol. The summed E-state index contributed by atoms with van der Waals surface area (Å²) in [5.74, 6) is 0.133. The molecule has 1 atom stereocenters. The third kappa shape index (κ3) is 2.88. The zero-order valence-electron chi connectivity index (χ0n) is 10.5. The number of benzene rings is 1. The van der Waals surface area contributed by atoms with Crippen molar-refractivity contribution >= 4 is 11.9 Å². The van der Waals surface area contributed by atoms with Crippen molar-refractivity contribution in [1.29, 1.82) is 0 Å². The van der Waals surface area contributed by atoms with E-state index in [1.54, 1.807) is 7.05 Å². The van der Waals surface area contributed by atoms with E-state index < -0.39 is 6.09 Å². The van der Waals surface area contributed by atoms with Gasteiger partial charge in [0.05, 0.1) is 6.04 Å². The molecule has 1 fully saturated rings. The quantitative estimate of drug-likeness (QED) is 0.823. The molecule has 96 valence electrons. The molecule has 1 amide bonds. The van der Waals surface area contributed by atoms with E-state index in [9.17, 15) is 9.59 Å². The van der Waals surface area contributed by atoms with Gasteiger partial charge < -0.3 is 9.64 Å². The first-order valence-electron chi connectivity index (χ1n) is 6.14. The van der Waals surface area contributed by atoms with Crippen molar-refractivity contribution < 1.29 is 14.3 Å². The van der Waals surface area contributed by atoms with Gasteiger partial charge in [-0.05, 0) is 18.4 Å². The van der Waals surface area contributed by atoms with Crippen LogP contribution in [0.2, 0.25) is 0 Å². The van der Waals surface area contributed by atoms with Crippen LogP contribution in [0.15, 0.2) is 30.3 Å². The fraction of sp³-hybridized carbons (Fsp3) is 0.429. The third-order valence-corrected chi connectivity index (χ3v) is 3.23. The maximum atomic E-state index is 11.8. The molecule has 0 saturated heterocycles. The number of ketones is 1. The van der Waals surface area contributed by atoms with Crippen LogP contribution in [-0.4, -0.2) is 29.9 Å². The van der Waals surface area contributed by atoms with Crippen molar-refractivity contribution in [2.75, 3.05) is 7.05 Å². The molecule has 4 heteroatoms. The number of amides is 1. The molecule has 1 aromatic rings. The number of hydrogen-bond acceptors (Lipinski definition) is 3. The van der Waals surface area contributed by atoms with Gasteiger partial charge >= 0.3 is 6.09 Å². The van der Waals surface area contributed by atoms with E-state index in [1.165, 1.54) is 4.90 Å². The van der Waals surface area contributed by atoms with E-state index in [-0.39, 0.29) is 18.4 Å². The van der Waals surface area contributed by atoms with Gasteiger partial charge in [0.2, 0.25) is 0 Å². The fourth-order valence-electron chi connectivity index (χ4n) is 2.16. The van der Waals surface area contributed by atoms with Crippen LogP contribution in [0.25, 0.3) is 0 Å². The van der Waals surface area contributed by atoms with Crippen LogP contribution in [0.1, 0.15) is 24.8 Å². The summed E-state index contributed by atoms with van der Waals surface area (Å²) in [6, 6.07) is 9.20. The lowest BCUT2D eigenvalue weighted by molar-refractivity contribution is -0.121. The lowest BCUT2D eigenvalue weighted by Crippen LogP contribution is -2.39. The molecule has 0 radical (unpaired) electrons. The highest BCUT2D eigenvalue weighted by atomic mass is 16.6. The summed E-state index contributed by atoms with van der Waals surface area (Å²) in [6.07, 6.45) is 1.75. The summed E-state index contributed by atoms with van der Waals surface area (Å²) in [7, 11) is 1.63. The van der Waals surface area contributed by atoms with E-state index in [0.717, 1.165) is 18.4 Å². The SMILES string of the molecule is CN(C(=O)OCc1ccccc1)C1CCCC1=O. The molecule has 4 nitrogen and oxygen atoms in total. The predicted molar refractivity (Wildman–Crippen MR) is 67.0 cm³/mol. The number of nitrogens with zero attached hydrogens (tertiary/aromatic N) is 1. The minimum atomic E-state index is -0.431. The van der Waals surface area contributed by atoms with Gasteiger partial charge in [0, 0.05) is 13.5 Å². The van der Waals surface area contributed by atoms with Crippen molar-refractivity contribution in [2.24, 2.45) is 0 Å². The molecule has 1 unspecified atom stereocenters. The normalized spacial score (nSPS) is 18.7. The first-order valence-corrected chi connectivity index (χ1v) is 6.14. The Kier molecular flexibility index (Phi) is 3.97. The van der Waals surface area contributed by atoms with Crippen LogP contribution in [0, 0.1) is 0 Å². The second-order valence-electron chi connectivity index (χ2n) is 4.53. The van der Waals surface area contributed by atoms with Gasteiger partial charge in [0.15, 0.2) is 5.78 Å². The van der Waals surface area contributed by atoms with Gasteiger partial charge in [-0.15, -0.1) is 0 Å². The lowest BCUT2D eigenvalue weighted by Gasteiger charge is -2.22. The maximum Gasteiger partial charge on any atom is 0.410 e. The van der Waals surface area contributed by atoms with Gasteiger partial charge in [0.25, 0.3) is 0 Å². The Bertz CT molecular complexity index is 430. The molecule has 1 aromatic carbocycles. The highest BCUT2D eigenvalue weighted by Crippen LogP contribution is 2.19. The van der Waals surface area contributed by atoms with Crippen molar-refractivity contribution in [3.8, 4) is 0 Å². The zero-order valence-corrected chi connectivity index (χ0v) is 10.5. The Balaban J connectivity index is 1.86. The fourth-order valence-corrected chi connectivity index (χ4v) is 2.16. The first kappa shape index (κ1) is 12.6. The van der Waals surface area contributed by atoms with Gasteiger partial charge in [-0.25, -0.2) is 4.79 Å². The third-order valence-electron chi connectivity index (χ3n) is 3.23. The number of Topliss-reactive ketones (excluding diaryl/α,β-unsaturated/α-hetero) is 1. The van der Waals surface area contributed by atoms with Gasteiger partial charge in [-0.2, -0.15) is 0 Å². The number of rotatable bonds is 3. The Morgan fingerprint density at radius 3 is 2.72 bits per heavy atom. The molecule has 1 aliphatic rings. The molecular weight excluding hydrogens is 230 g/mol. The number of likely N-dealkylation sites (N-methyl/N-ethyl adjacent to an activating group) is 1. The maximum absolute atomic E-state index is 11.8. The standard InChI is InChI=1S/C14H17NO3/c1-15(12-8-5-9-13(12)16)14(17)18-10-11-6-3-2-4-7-11/h2-4,6-7,12H,5,8-10H2,1H3. The Morgan fingerprint density at radius 2 is 2.11 bits per heavy atom. The molecule has 0 N–H and O–H groups in total. The summed E-state index contributed by atoms with van der Waals surface area (Å²) in [4.78, 5) is 24.8. The van der Waals surface area contributed by atoms with Crippen LogP contribution in [0.4, 0.5) is 4.79 Å². The van der Waals surface area contributed by atoms with Crippen LogP contribution in [-0.2, 0) is 16.1 Å². The van der Waals surface area contributed by atoms with Crippen LogP contribution in [0.5, 0.6) is 0 Å². The molecule has 1 saturated carbocycles. The first-order chi connectivity index (χ1) is 8.68. The minimum absolute atomic E-state index is 0.133. The molecule has 0 bridgehead atoms. The lowest BCUT2D eigenvalue weighted by atomic mass is 10.2. The van der Waals surface area contributed by atoms with Crippen molar-refractivity contribution in [2.45, 2.75) is 31.9 Å². The van der Waals surface area contributed by atoms with Crippen molar-refractivity contribution in [1.82, 2.24) is 4.90 Å². The average Bonchev–Trinajstić information content (AvgIpc) is 2.82. The smallest absolute Gasteiger partial charge is 0.410 e. The van der Waals surface area contributed by atoms with Gasteiger partial charge in [-0.1, -0.05) is 30.3 Å². The van der Waals surface area contributed by atoms with Gasteiger partial charge in [0.1, 0.15) is 6.61 Å². The average molecular weight is 247 g/mol. The largest absolute Gasteiger partial charge is 0.445 e. The Hall–Kier alpha value is -1.84. The van der Waals surface area contributed by atoms with Crippen LogP contribution >= 0.6 is 0 Å². The summed E-state index contributed by atoms with van der Waals surface area (Å²) < 4.78 is 5.19. The van der Waals surface area contributed by atoms with E-state index in [0.29, 0.717) is 6.42 Å². The molecule has 1 aliphatic carbocycles. The highest BCUT2D eigenvalue weighted by Gasteiger charge is 2.31. The highest BCUT2D eigenvalue weighted by molar-refractivity contribution is 5.88. The number of hydrogen-bond donors (Lipinski definition) is 0. The van der Waals surface area contributed by atoms with Gasteiger partial charge in [-0.3, -0.25) is 4.79 Å². The summed E-state index contributed by atoms with van der Waals surface area (Å²) in [5.41, 5.74) is 0.942. The molecule has 0 spiro atoms. The molecule has 0 aromatic heterocycles. The van der Waals surface area contributed by atoms with E-state index in [1.807, 2.05) is 30.3 Å². The summed E-state index contributed by atoms with van der Waals surface area (Å²) >= 11 is 0. The van der Waals surface area contributed by atoms with Crippen LogP contribution in [0.3, 0.4) is 0 Å². The number of ether oxygens (including phenoxy) is 1. The number of carbonyl (C=O) groups is 2. The summed E-state index contributed by atoms with van der Waals surface area (Å²) in [6.45, 7) is 0.241. The summed E-state index contributed by atoms with van der Waals surface area (Å²) in [5, 5.41) is 0. The topological polar surface area (TPSA) is 46.6 Å². The predicted octanol–water partition coefficient (Wildman–Crippen LogP) is 2.38. The van der Waals surface area contributed by atoms with Crippen molar-refractivity contribution in [3.63, 3.8) is 0 Å². The molecule has 18 heavy (non-hydrogen) atoms. The van der Waals surface area contributed by atoms with E-state index >= 15 is 0 Å². The molecule has 0 aliphatic heterocycles. The molecule has 0 heterocycles. The second kappa shape index (κ2) is 5.67. The second-order valence-corrected chi connectivity index (χ2v) is 4.53. The zero-order chi connectivity index (χ0) is 13.0.